The van der Waals surface area contributed by atoms with Crippen molar-refractivity contribution >= 4 is 23.2 Å². The lowest BCUT2D eigenvalue weighted by Gasteiger charge is -2.06. The topological polar surface area (TPSA) is 47.6 Å². The normalized spacial score (nSPS) is 10.1. The van der Waals surface area contributed by atoms with Crippen LogP contribution in [0.25, 0.3) is 0 Å². The van der Waals surface area contributed by atoms with Gasteiger partial charge < -0.3 is 14.8 Å². The number of carbonyl (C=O) groups excluding carboxylic acids is 1. The molecule has 1 aromatic rings. The van der Waals surface area contributed by atoms with Gasteiger partial charge in [-0.25, -0.2) is 0 Å². The summed E-state index contributed by atoms with van der Waals surface area (Å²) >= 11 is 5.77. The Bertz CT molecular complexity index is 344. The van der Waals surface area contributed by atoms with E-state index in [0.29, 0.717) is 23.9 Å². The minimum absolute atomic E-state index is 0.00979. The maximum absolute atomic E-state index is 11.4. The predicted octanol–water partition coefficient (Wildman–Crippen LogP) is 1.94. The Morgan fingerprint density at radius 1 is 1.44 bits per heavy atom. The van der Waals surface area contributed by atoms with Crippen molar-refractivity contribution in [3.63, 3.8) is 0 Å². The summed E-state index contributed by atoms with van der Waals surface area (Å²) in [4.78, 5) is 11.4. The molecule has 0 atom stereocenters. The SMILES string of the molecule is COCCOCC(=O)Nc1cccc(Cl)c1. The molecule has 1 aromatic carbocycles. The summed E-state index contributed by atoms with van der Waals surface area (Å²) in [6.45, 7) is 0.889. The fourth-order valence-electron chi connectivity index (χ4n) is 1.07. The van der Waals surface area contributed by atoms with Crippen LogP contribution in [0, 0.1) is 0 Å². The average Bonchev–Trinajstić information content (AvgIpc) is 2.24. The number of nitrogens with one attached hydrogen (secondary N) is 1. The molecule has 0 aromatic heterocycles. The van der Waals surface area contributed by atoms with E-state index in [2.05, 4.69) is 5.32 Å². The van der Waals surface area contributed by atoms with Gasteiger partial charge in [0.15, 0.2) is 0 Å². The van der Waals surface area contributed by atoms with Crippen LogP contribution >= 0.6 is 11.6 Å². The Kier molecular flexibility index (Phi) is 5.85. The summed E-state index contributed by atoms with van der Waals surface area (Å²) in [6, 6.07) is 6.95. The van der Waals surface area contributed by atoms with Crippen LogP contribution in [-0.4, -0.2) is 32.8 Å². The number of anilines is 1. The summed E-state index contributed by atoms with van der Waals surface area (Å²) in [6.07, 6.45) is 0. The van der Waals surface area contributed by atoms with Crippen molar-refractivity contribution in [3.8, 4) is 0 Å². The molecule has 16 heavy (non-hydrogen) atoms. The Balaban J connectivity index is 2.29. The highest BCUT2D eigenvalue weighted by atomic mass is 35.5. The third kappa shape index (κ3) is 5.11. The molecule has 1 N–H and O–H groups in total. The second-order valence-corrected chi connectivity index (χ2v) is 3.54. The number of hydrogen-bond donors (Lipinski definition) is 1. The van der Waals surface area contributed by atoms with Gasteiger partial charge in [0, 0.05) is 17.8 Å². The van der Waals surface area contributed by atoms with Crippen molar-refractivity contribution < 1.29 is 14.3 Å². The first-order chi connectivity index (χ1) is 7.72. The lowest BCUT2D eigenvalue weighted by molar-refractivity contribution is -0.121. The standard InChI is InChI=1S/C11H14ClNO3/c1-15-5-6-16-8-11(14)13-10-4-2-3-9(12)7-10/h2-4,7H,5-6,8H2,1H3,(H,13,14). The molecule has 0 unspecified atom stereocenters. The smallest absolute Gasteiger partial charge is 0.250 e. The zero-order valence-corrected chi connectivity index (χ0v) is 9.79. The number of halogens is 1. The number of ether oxygens (including phenoxy) is 2. The van der Waals surface area contributed by atoms with Gasteiger partial charge in [-0.2, -0.15) is 0 Å². The molecule has 88 valence electrons. The zero-order chi connectivity index (χ0) is 11.8. The maximum Gasteiger partial charge on any atom is 0.250 e. The van der Waals surface area contributed by atoms with Crippen molar-refractivity contribution in [2.75, 3.05) is 32.2 Å². The Morgan fingerprint density at radius 2 is 2.25 bits per heavy atom. The van der Waals surface area contributed by atoms with E-state index in [1.165, 1.54) is 0 Å². The summed E-state index contributed by atoms with van der Waals surface area (Å²) in [5, 5.41) is 3.25. The highest BCUT2D eigenvalue weighted by Gasteiger charge is 2.02. The lowest BCUT2D eigenvalue weighted by atomic mass is 10.3. The van der Waals surface area contributed by atoms with Crippen LogP contribution in [-0.2, 0) is 14.3 Å². The van der Waals surface area contributed by atoms with Crippen molar-refractivity contribution in [1.82, 2.24) is 0 Å². The van der Waals surface area contributed by atoms with Gasteiger partial charge in [-0.15, -0.1) is 0 Å². The Hall–Kier alpha value is -1.10. The molecule has 0 bridgehead atoms. The third-order valence-corrected chi connectivity index (χ3v) is 2.01. The van der Waals surface area contributed by atoms with E-state index in [1.807, 2.05) is 0 Å². The van der Waals surface area contributed by atoms with E-state index in [-0.39, 0.29) is 12.5 Å². The fourth-order valence-corrected chi connectivity index (χ4v) is 1.26. The molecule has 0 aliphatic heterocycles. The highest BCUT2D eigenvalue weighted by molar-refractivity contribution is 6.30. The molecule has 0 saturated heterocycles. The summed E-state index contributed by atoms with van der Waals surface area (Å²) in [5.41, 5.74) is 0.660. The number of carbonyl (C=O) groups is 1. The van der Waals surface area contributed by atoms with E-state index in [9.17, 15) is 4.79 Å². The summed E-state index contributed by atoms with van der Waals surface area (Å²) < 4.78 is 9.85. The van der Waals surface area contributed by atoms with E-state index >= 15 is 0 Å². The third-order valence-electron chi connectivity index (χ3n) is 1.77. The molecule has 0 fully saturated rings. The van der Waals surface area contributed by atoms with Crippen LogP contribution in [0.3, 0.4) is 0 Å². The van der Waals surface area contributed by atoms with Gasteiger partial charge in [0.2, 0.25) is 5.91 Å². The molecule has 5 heteroatoms. The van der Waals surface area contributed by atoms with Crippen molar-refractivity contribution in [2.45, 2.75) is 0 Å². The number of amides is 1. The first kappa shape index (κ1) is 13.0. The van der Waals surface area contributed by atoms with E-state index in [4.69, 9.17) is 21.1 Å². The van der Waals surface area contributed by atoms with Gasteiger partial charge in [0.05, 0.1) is 13.2 Å². The first-order valence-corrected chi connectivity index (χ1v) is 5.22. The molecule has 1 amide bonds. The lowest BCUT2D eigenvalue weighted by Crippen LogP contribution is -2.19. The van der Waals surface area contributed by atoms with Crippen molar-refractivity contribution in [3.05, 3.63) is 29.3 Å². The van der Waals surface area contributed by atoms with Crippen LogP contribution in [0.1, 0.15) is 0 Å². The van der Waals surface area contributed by atoms with E-state index in [0.717, 1.165) is 0 Å². The molecular weight excluding hydrogens is 230 g/mol. The molecule has 0 radical (unpaired) electrons. The van der Waals surface area contributed by atoms with Crippen LogP contribution < -0.4 is 5.32 Å². The number of hydrogen-bond acceptors (Lipinski definition) is 3. The van der Waals surface area contributed by atoms with E-state index in [1.54, 1.807) is 31.4 Å². The van der Waals surface area contributed by atoms with Crippen molar-refractivity contribution in [1.29, 1.82) is 0 Å². The second-order valence-electron chi connectivity index (χ2n) is 3.10. The highest BCUT2D eigenvalue weighted by Crippen LogP contribution is 2.14. The van der Waals surface area contributed by atoms with Crippen LogP contribution in [0.2, 0.25) is 5.02 Å². The molecule has 0 aliphatic rings. The number of rotatable bonds is 6. The van der Waals surface area contributed by atoms with Gasteiger partial charge in [0.1, 0.15) is 6.61 Å². The number of methoxy groups -OCH3 is 1. The average molecular weight is 244 g/mol. The van der Waals surface area contributed by atoms with Crippen LogP contribution in [0.5, 0.6) is 0 Å². The summed E-state index contributed by atoms with van der Waals surface area (Å²) in [5.74, 6) is -0.210. The summed E-state index contributed by atoms with van der Waals surface area (Å²) in [7, 11) is 1.58. The second kappa shape index (κ2) is 7.22. The molecular formula is C11H14ClNO3. The molecule has 0 aliphatic carbocycles. The van der Waals surface area contributed by atoms with Gasteiger partial charge in [0.25, 0.3) is 0 Å². The van der Waals surface area contributed by atoms with Crippen LogP contribution in [0.15, 0.2) is 24.3 Å². The number of benzene rings is 1. The van der Waals surface area contributed by atoms with Crippen LogP contribution in [0.4, 0.5) is 5.69 Å². The van der Waals surface area contributed by atoms with Gasteiger partial charge in [-0.3, -0.25) is 4.79 Å². The predicted molar refractivity (Wildman–Crippen MR) is 62.8 cm³/mol. The minimum atomic E-state index is -0.210. The van der Waals surface area contributed by atoms with E-state index < -0.39 is 0 Å². The first-order valence-electron chi connectivity index (χ1n) is 4.84. The molecule has 0 heterocycles. The molecule has 1 rings (SSSR count). The van der Waals surface area contributed by atoms with Gasteiger partial charge >= 0.3 is 0 Å². The van der Waals surface area contributed by atoms with Crippen molar-refractivity contribution in [2.24, 2.45) is 0 Å². The fraction of sp³-hybridized carbons (Fsp3) is 0.364. The Morgan fingerprint density at radius 3 is 2.94 bits per heavy atom. The quantitative estimate of drug-likeness (QED) is 0.777. The molecule has 0 spiro atoms. The Labute approximate surface area is 99.5 Å². The monoisotopic (exact) mass is 243 g/mol. The molecule has 4 nitrogen and oxygen atoms in total. The molecule has 0 saturated carbocycles. The maximum atomic E-state index is 11.4. The van der Waals surface area contributed by atoms with Gasteiger partial charge in [-0.1, -0.05) is 17.7 Å². The minimum Gasteiger partial charge on any atom is -0.382 e. The zero-order valence-electron chi connectivity index (χ0n) is 9.03. The largest absolute Gasteiger partial charge is 0.382 e. The van der Waals surface area contributed by atoms with Gasteiger partial charge in [-0.05, 0) is 18.2 Å².